The summed E-state index contributed by atoms with van der Waals surface area (Å²) >= 11 is 0. The molecule has 0 bridgehead atoms. The van der Waals surface area contributed by atoms with Crippen LogP contribution in [0.5, 0.6) is 0 Å². The highest BCUT2D eigenvalue weighted by atomic mass is 16.7. The highest BCUT2D eigenvalue weighted by molar-refractivity contribution is 5.89. The van der Waals surface area contributed by atoms with Gasteiger partial charge in [0.1, 0.15) is 17.5 Å². The zero-order valence-corrected chi connectivity index (χ0v) is 20.7. The van der Waals surface area contributed by atoms with E-state index in [0.29, 0.717) is 43.1 Å². The Morgan fingerprint density at radius 1 is 1.09 bits per heavy atom. The number of anilines is 2. The van der Waals surface area contributed by atoms with Gasteiger partial charge in [0.2, 0.25) is 5.95 Å². The molecule has 2 aromatic rings. The summed E-state index contributed by atoms with van der Waals surface area (Å²) in [7, 11) is 2.85. The number of rotatable bonds is 11. The number of benzene rings is 1. The molecule has 0 aliphatic heterocycles. The van der Waals surface area contributed by atoms with Gasteiger partial charge in [0.15, 0.2) is 0 Å². The summed E-state index contributed by atoms with van der Waals surface area (Å²) < 4.78 is 10.1. The maximum Gasteiger partial charge on any atom is 0.415 e. The Hall–Kier alpha value is -3.73. The predicted octanol–water partition coefficient (Wildman–Crippen LogP) is 3.33. The van der Waals surface area contributed by atoms with Gasteiger partial charge in [0, 0.05) is 19.8 Å². The third-order valence-electron chi connectivity index (χ3n) is 4.64. The van der Waals surface area contributed by atoms with Crippen molar-refractivity contribution in [3.63, 3.8) is 0 Å². The topological polar surface area (TPSA) is 132 Å². The van der Waals surface area contributed by atoms with E-state index in [0.717, 1.165) is 0 Å². The summed E-state index contributed by atoms with van der Waals surface area (Å²) in [4.78, 5) is 51.2. The van der Waals surface area contributed by atoms with Crippen LogP contribution in [0.2, 0.25) is 0 Å². The quantitative estimate of drug-likeness (QED) is 0.210. The van der Waals surface area contributed by atoms with Gasteiger partial charge in [-0.25, -0.2) is 14.6 Å². The molecule has 0 saturated heterocycles. The van der Waals surface area contributed by atoms with Gasteiger partial charge in [-0.15, -0.1) is 5.48 Å². The van der Waals surface area contributed by atoms with Gasteiger partial charge in [-0.05, 0) is 58.2 Å². The van der Waals surface area contributed by atoms with Crippen molar-refractivity contribution in [2.45, 2.75) is 51.7 Å². The molecular formula is C24H33N5O6. The maximum absolute atomic E-state index is 12.2. The molecule has 1 heterocycles. The lowest BCUT2D eigenvalue weighted by Crippen LogP contribution is -2.39. The van der Waals surface area contributed by atoms with Gasteiger partial charge in [0.05, 0.1) is 12.7 Å². The molecule has 1 aromatic heterocycles. The Balaban J connectivity index is 1.80. The smallest absolute Gasteiger partial charge is 0.415 e. The number of carbonyl (C=O) groups excluding carboxylic acids is 3. The summed E-state index contributed by atoms with van der Waals surface area (Å²) in [5.74, 6) is -0.362. The Morgan fingerprint density at radius 3 is 2.46 bits per heavy atom. The van der Waals surface area contributed by atoms with Crippen LogP contribution in [0.1, 0.15) is 50.4 Å². The summed E-state index contributed by atoms with van der Waals surface area (Å²) in [6, 6.07) is 9.27. The summed E-state index contributed by atoms with van der Waals surface area (Å²) in [6.07, 6.45) is 2.72. The first kappa shape index (κ1) is 27.5. The van der Waals surface area contributed by atoms with E-state index in [4.69, 9.17) is 14.3 Å². The first-order valence-corrected chi connectivity index (χ1v) is 11.2. The predicted molar refractivity (Wildman–Crippen MR) is 130 cm³/mol. The molecule has 0 spiro atoms. The molecule has 2 rings (SSSR count). The lowest BCUT2D eigenvalue weighted by Gasteiger charge is -2.24. The molecular weight excluding hydrogens is 454 g/mol. The van der Waals surface area contributed by atoms with E-state index in [-0.39, 0.29) is 0 Å². The van der Waals surface area contributed by atoms with E-state index >= 15 is 0 Å². The van der Waals surface area contributed by atoms with Crippen LogP contribution in [0.25, 0.3) is 0 Å². The number of nitrogens with one attached hydrogen (secondary N) is 2. The van der Waals surface area contributed by atoms with E-state index in [1.54, 1.807) is 70.4 Å². The number of hydrogen-bond acceptors (Lipinski definition) is 10. The monoisotopic (exact) mass is 487 g/mol. The molecule has 1 amide bonds. The van der Waals surface area contributed by atoms with Crippen LogP contribution in [0.3, 0.4) is 0 Å². The average molecular weight is 488 g/mol. The molecule has 0 aliphatic carbocycles. The molecule has 11 heteroatoms. The van der Waals surface area contributed by atoms with Crippen molar-refractivity contribution in [2.75, 3.05) is 30.9 Å². The van der Waals surface area contributed by atoms with Crippen LogP contribution in [-0.2, 0) is 19.1 Å². The van der Waals surface area contributed by atoms with Crippen LogP contribution in [0, 0.1) is 0 Å². The Morgan fingerprint density at radius 2 is 1.80 bits per heavy atom. The number of unbranched alkanes of at least 4 members (excludes halogenated alkanes) is 1. The molecule has 0 saturated carbocycles. The average Bonchev–Trinajstić information content (AvgIpc) is 2.84. The second kappa shape index (κ2) is 13.2. The number of esters is 1. The van der Waals surface area contributed by atoms with Crippen molar-refractivity contribution in [1.82, 2.24) is 15.4 Å². The van der Waals surface area contributed by atoms with Crippen molar-refractivity contribution in [2.24, 2.45) is 0 Å². The van der Waals surface area contributed by atoms with E-state index in [1.807, 2.05) is 0 Å². The first-order chi connectivity index (χ1) is 16.6. The minimum Gasteiger partial charge on any atom is -0.468 e. The second-order valence-corrected chi connectivity index (χ2v) is 8.65. The van der Waals surface area contributed by atoms with Crippen LogP contribution >= 0.6 is 0 Å². The van der Waals surface area contributed by atoms with Crippen LogP contribution in [0.4, 0.5) is 16.6 Å². The largest absolute Gasteiger partial charge is 0.468 e. The summed E-state index contributed by atoms with van der Waals surface area (Å²) in [5.41, 5.74) is 2.26. The maximum atomic E-state index is 12.2. The number of methoxy groups -OCH3 is 1. The van der Waals surface area contributed by atoms with Crippen LogP contribution in [0.15, 0.2) is 42.6 Å². The van der Waals surface area contributed by atoms with E-state index in [2.05, 4.69) is 20.8 Å². The highest BCUT2D eigenvalue weighted by Gasteiger charge is 2.22. The van der Waals surface area contributed by atoms with Gasteiger partial charge < -0.3 is 19.6 Å². The van der Waals surface area contributed by atoms with Crippen molar-refractivity contribution in [1.29, 1.82) is 0 Å². The number of ether oxygens (including phenoxy) is 2. The minimum absolute atomic E-state index is 0.359. The van der Waals surface area contributed by atoms with Crippen molar-refractivity contribution in [3.8, 4) is 0 Å². The van der Waals surface area contributed by atoms with E-state index in [9.17, 15) is 14.4 Å². The molecule has 35 heavy (non-hydrogen) atoms. The van der Waals surface area contributed by atoms with Crippen LogP contribution < -0.4 is 15.7 Å². The fourth-order valence-corrected chi connectivity index (χ4v) is 2.84. The summed E-state index contributed by atoms with van der Waals surface area (Å²) in [6.45, 7) is 5.90. The van der Waals surface area contributed by atoms with Gasteiger partial charge in [-0.1, -0.05) is 18.2 Å². The lowest BCUT2D eigenvalue weighted by molar-refractivity contribution is -0.146. The van der Waals surface area contributed by atoms with Crippen LogP contribution in [-0.4, -0.2) is 60.3 Å². The number of carbonyl (C=O) groups is 3. The fourth-order valence-electron chi connectivity index (χ4n) is 2.84. The molecule has 190 valence electrons. The number of aromatic nitrogens is 2. The van der Waals surface area contributed by atoms with E-state index < -0.39 is 29.7 Å². The standard InChI is InChI=1S/C24H33N5O6/c1-24(2,3)34-23(32)29(4)19-14-16-26-22(27-19)25-15-10-9-13-18(21(31)33-5)28-35-20(30)17-11-7-6-8-12-17/h6-8,11-12,14,16,18,28H,9-10,13,15H2,1-5H3,(H,25,26,27). The number of nitrogens with zero attached hydrogens (tertiary/aromatic N) is 3. The minimum atomic E-state index is -0.797. The number of hydrogen-bond donors (Lipinski definition) is 2. The second-order valence-electron chi connectivity index (χ2n) is 8.65. The van der Waals surface area contributed by atoms with E-state index in [1.165, 1.54) is 12.0 Å². The zero-order chi connectivity index (χ0) is 25.8. The van der Waals surface area contributed by atoms with Crippen molar-refractivity contribution in [3.05, 3.63) is 48.2 Å². The molecule has 1 atom stereocenters. The van der Waals surface area contributed by atoms with Crippen molar-refractivity contribution < 1.29 is 28.7 Å². The molecule has 1 unspecified atom stereocenters. The van der Waals surface area contributed by atoms with Gasteiger partial charge in [0.25, 0.3) is 0 Å². The molecule has 11 nitrogen and oxygen atoms in total. The SMILES string of the molecule is COC(=O)C(CCCCNc1nccc(N(C)C(=O)OC(C)(C)C)n1)NOC(=O)c1ccccc1. The summed E-state index contributed by atoms with van der Waals surface area (Å²) in [5, 5.41) is 3.09. The normalized spacial score (nSPS) is 11.8. The molecule has 0 aliphatic rings. The Labute approximate surface area is 205 Å². The highest BCUT2D eigenvalue weighted by Crippen LogP contribution is 2.15. The van der Waals surface area contributed by atoms with Gasteiger partial charge in [-0.2, -0.15) is 4.98 Å². The lowest BCUT2D eigenvalue weighted by atomic mass is 10.1. The Kier molecular flexibility index (Phi) is 10.4. The third-order valence-corrected chi connectivity index (χ3v) is 4.64. The third kappa shape index (κ3) is 9.57. The van der Waals surface area contributed by atoms with Crippen molar-refractivity contribution >= 4 is 29.8 Å². The van der Waals surface area contributed by atoms with Gasteiger partial charge in [-0.3, -0.25) is 9.69 Å². The molecule has 2 N–H and O–H groups in total. The molecule has 1 aromatic carbocycles. The zero-order valence-electron chi connectivity index (χ0n) is 20.7. The number of amides is 1. The fraction of sp³-hybridized carbons (Fsp3) is 0.458. The van der Waals surface area contributed by atoms with Gasteiger partial charge >= 0.3 is 18.0 Å². The first-order valence-electron chi connectivity index (χ1n) is 11.2. The molecule has 0 radical (unpaired) electrons. The molecule has 0 fully saturated rings. The Bertz CT molecular complexity index is 980. The number of hydroxylamine groups is 1.